The second kappa shape index (κ2) is 9.85. The normalized spacial score (nSPS) is 10.8. The van der Waals surface area contributed by atoms with Gasteiger partial charge in [0.25, 0.3) is 0 Å². The summed E-state index contributed by atoms with van der Waals surface area (Å²) in [6.07, 6.45) is 1.70. The van der Waals surface area contributed by atoms with E-state index < -0.39 is 0 Å². The number of halogens is 4. The van der Waals surface area contributed by atoms with E-state index in [4.69, 9.17) is 46.4 Å². The fourth-order valence-electron chi connectivity index (χ4n) is 2.37. The molecule has 0 saturated carbocycles. The summed E-state index contributed by atoms with van der Waals surface area (Å²) in [6, 6.07) is 12.7. The fourth-order valence-corrected chi connectivity index (χ4v) is 4.47. The van der Waals surface area contributed by atoms with Crippen molar-refractivity contribution in [3.8, 4) is 11.3 Å². The topological polar surface area (TPSA) is 37.8 Å². The van der Waals surface area contributed by atoms with Gasteiger partial charge < -0.3 is 5.32 Å². The largest absolute Gasteiger partial charge is 0.353 e. The molecule has 0 saturated heterocycles. The molecule has 0 amide bonds. The number of nitrogens with one attached hydrogen (secondary N) is 1. The highest BCUT2D eigenvalue weighted by molar-refractivity contribution is 7.98. The van der Waals surface area contributed by atoms with E-state index in [9.17, 15) is 0 Å². The Balaban J connectivity index is 1.55. The summed E-state index contributed by atoms with van der Waals surface area (Å²) in [7, 11) is 0. The molecule has 140 valence electrons. The van der Waals surface area contributed by atoms with Crippen molar-refractivity contribution in [2.24, 2.45) is 0 Å². The first-order valence-electron chi connectivity index (χ1n) is 8.07. The van der Waals surface area contributed by atoms with Gasteiger partial charge in [-0.3, -0.25) is 0 Å². The van der Waals surface area contributed by atoms with E-state index in [2.05, 4.69) is 15.3 Å². The first-order chi connectivity index (χ1) is 13.0. The van der Waals surface area contributed by atoms with E-state index >= 15 is 0 Å². The summed E-state index contributed by atoms with van der Waals surface area (Å²) in [5.41, 5.74) is 2.51. The summed E-state index contributed by atoms with van der Waals surface area (Å²) in [5, 5.41) is 5.75. The van der Waals surface area contributed by atoms with E-state index in [1.807, 2.05) is 30.3 Å². The zero-order chi connectivity index (χ0) is 19.2. The minimum Gasteiger partial charge on any atom is -0.353 e. The van der Waals surface area contributed by atoms with Gasteiger partial charge in [0.15, 0.2) is 0 Å². The molecule has 0 spiro atoms. The van der Waals surface area contributed by atoms with Gasteiger partial charge in [0, 0.05) is 44.9 Å². The minimum atomic E-state index is 0.551. The van der Waals surface area contributed by atoms with Crippen LogP contribution in [0.2, 0.25) is 20.1 Å². The Labute approximate surface area is 182 Å². The van der Waals surface area contributed by atoms with Crippen molar-refractivity contribution in [2.45, 2.75) is 5.75 Å². The van der Waals surface area contributed by atoms with Crippen molar-refractivity contribution in [3.63, 3.8) is 0 Å². The minimum absolute atomic E-state index is 0.551. The summed E-state index contributed by atoms with van der Waals surface area (Å²) < 4.78 is 0. The third-order valence-corrected chi connectivity index (χ3v) is 5.94. The van der Waals surface area contributed by atoms with Gasteiger partial charge in [0.05, 0.1) is 10.7 Å². The number of benzene rings is 2. The monoisotopic (exact) mass is 457 g/mol. The van der Waals surface area contributed by atoms with Crippen LogP contribution in [0.1, 0.15) is 5.56 Å². The summed E-state index contributed by atoms with van der Waals surface area (Å²) in [4.78, 5) is 8.77. The van der Waals surface area contributed by atoms with Crippen molar-refractivity contribution in [2.75, 3.05) is 17.6 Å². The first kappa shape index (κ1) is 20.6. The molecule has 0 radical (unpaired) electrons. The standard InChI is InChI=1S/C19H15Cl4N3S/c20-12-4-5-13(17(23)10-12)18-6-7-24-19(26-18)25-8-9-27-11-14-15(21)2-1-3-16(14)22/h1-7,10H,8-9,11H2,(H,24,25,26). The number of hydrogen-bond donors (Lipinski definition) is 1. The van der Waals surface area contributed by atoms with E-state index in [0.717, 1.165) is 28.3 Å². The first-order valence-corrected chi connectivity index (χ1v) is 10.7. The molecule has 0 bridgehead atoms. The van der Waals surface area contributed by atoms with E-state index in [1.165, 1.54) is 0 Å². The molecule has 1 N–H and O–H groups in total. The van der Waals surface area contributed by atoms with Crippen LogP contribution >= 0.6 is 58.2 Å². The second-order valence-corrected chi connectivity index (χ2v) is 8.33. The maximum absolute atomic E-state index is 6.26. The van der Waals surface area contributed by atoms with Crippen LogP contribution in [0.5, 0.6) is 0 Å². The summed E-state index contributed by atoms with van der Waals surface area (Å²) in [6.45, 7) is 0.713. The lowest BCUT2D eigenvalue weighted by atomic mass is 10.1. The van der Waals surface area contributed by atoms with Gasteiger partial charge in [-0.1, -0.05) is 52.5 Å². The number of anilines is 1. The van der Waals surface area contributed by atoms with Crippen molar-refractivity contribution >= 4 is 64.1 Å². The van der Waals surface area contributed by atoms with Gasteiger partial charge in [-0.2, -0.15) is 11.8 Å². The van der Waals surface area contributed by atoms with Gasteiger partial charge in [-0.25, -0.2) is 9.97 Å². The molecule has 1 heterocycles. The van der Waals surface area contributed by atoms with E-state index in [0.29, 0.717) is 32.6 Å². The van der Waals surface area contributed by atoms with Gasteiger partial charge in [0.1, 0.15) is 0 Å². The van der Waals surface area contributed by atoms with Crippen LogP contribution in [-0.4, -0.2) is 22.3 Å². The van der Waals surface area contributed by atoms with Crippen LogP contribution in [0.25, 0.3) is 11.3 Å². The molecule has 0 atom stereocenters. The molecule has 0 fully saturated rings. The third kappa shape index (κ3) is 5.66. The molecule has 3 nitrogen and oxygen atoms in total. The van der Waals surface area contributed by atoms with Gasteiger partial charge >= 0.3 is 0 Å². The molecule has 1 aromatic heterocycles. The number of aromatic nitrogens is 2. The highest BCUT2D eigenvalue weighted by Crippen LogP contribution is 2.30. The predicted octanol–water partition coefficient (Wildman–Crippen LogP) is 7.10. The van der Waals surface area contributed by atoms with Crippen molar-refractivity contribution in [1.82, 2.24) is 9.97 Å². The Morgan fingerprint density at radius 3 is 2.44 bits per heavy atom. The van der Waals surface area contributed by atoms with Gasteiger partial charge in [0.2, 0.25) is 5.95 Å². The quantitative estimate of drug-likeness (QED) is 0.383. The van der Waals surface area contributed by atoms with Crippen molar-refractivity contribution in [1.29, 1.82) is 0 Å². The molecule has 0 aliphatic heterocycles. The molecular formula is C19H15Cl4N3S. The fraction of sp³-hybridized carbons (Fsp3) is 0.158. The SMILES string of the molecule is Clc1ccc(-c2ccnc(NCCSCc3c(Cl)cccc3Cl)n2)c(Cl)c1. The number of nitrogens with zero attached hydrogens (tertiary/aromatic N) is 2. The molecule has 8 heteroatoms. The number of rotatable bonds is 7. The predicted molar refractivity (Wildman–Crippen MR) is 119 cm³/mol. The van der Waals surface area contributed by atoms with Crippen molar-refractivity contribution < 1.29 is 0 Å². The zero-order valence-electron chi connectivity index (χ0n) is 14.1. The second-order valence-electron chi connectivity index (χ2n) is 5.57. The number of hydrogen-bond acceptors (Lipinski definition) is 4. The van der Waals surface area contributed by atoms with Crippen molar-refractivity contribution in [3.05, 3.63) is 74.3 Å². The summed E-state index contributed by atoms with van der Waals surface area (Å²) >= 11 is 26.3. The molecule has 0 unspecified atom stereocenters. The van der Waals surface area contributed by atoms with Gasteiger partial charge in [-0.15, -0.1) is 0 Å². The lowest BCUT2D eigenvalue weighted by molar-refractivity contribution is 1.09. The molecule has 2 aromatic carbocycles. The smallest absolute Gasteiger partial charge is 0.223 e. The Bertz CT molecular complexity index is 916. The van der Waals surface area contributed by atoms with Crippen LogP contribution in [-0.2, 0) is 5.75 Å². The molecule has 27 heavy (non-hydrogen) atoms. The highest BCUT2D eigenvalue weighted by Gasteiger charge is 2.08. The van der Waals surface area contributed by atoms with E-state index in [-0.39, 0.29) is 0 Å². The average molecular weight is 459 g/mol. The van der Waals surface area contributed by atoms with E-state index in [1.54, 1.807) is 30.1 Å². The van der Waals surface area contributed by atoms with Gasteiger partial charge in [-0.05, 0) is 42.0 Å². The molecule has 0 aliphatic carbocycles. The third-order valence-electron chi connectivity index (χ3n) is 3.70. The highest BCUT2D eigenvalue weighted by atomic mass is 35.5. The Hall–Kier alpha value is -1.17. The Morgan fingerprint density at radius 1 is 0.926 bits per heavy atom. The molecule has 0 aliphatic rings. The molecule has 3 aromatic rings. The zero-order valence-corrected chi connectivity index (χ0v) is 17.9. The van der Waals surface area contributed by atoms with Crippen LogP contribution in [0.4, 0.5) is 5.95 Å². The lowest BCUT2D eigenvalue weighted by Crippen LogP contribution is -2.08. The van der Waals surface area contributed by atoms with Crippen LogP contribution in [0.15, 0.2) is 48.7 Å². The maximum Gasteiger partial charge on any atom is 0.223 e. The number of thioether (sulfide) groups is 1. The lowest BCUT2D eigenvalue weighted by Gasteiger charge is -2.09. The maximum atomic E-state index is 6.26. The summed E-state index contributed by atoms with van der Waals surface area (Å²) in [5.74, 6) is 2.16. The molecule has 3 rings (SSSR count). The Morgan fingerprint density at radius 2 is 1.70 bits per heavy atom. The van der Waals surface area contributed by atoms with Crippen LogP contribution in [0, 0.1) is 0 Å². The Kier molecular flexibility index (Phi) is 7.50. The molecular weight excluding hydrogens is 444 g/mol. The van der Waals surface area contributed by atoms with Crippen LogP contribution < -0.4 is 5.32 Å². The van der Waals surface area contributed by atoms with Crippen LogP contribution in [0.3, 0.4) is 0 Å². The average Bonchev–Trinajstić information content (AvgIpc) is 2.64.